The molecule has 4 heteroatoms. The maximum Gasteiger partial charge on any atom is 0.198 e. The summed E-state index contributed by atoms with van der Waals surface area (Å²) in [4.78, 5) is 7.73. The molecule has 0 radical (unpaired) electrons. The molecule has 0 aromatic carbocycles. The fraction of sp³-hybridized carbons (Fsp3) is 0.167. The first kappa shape index (κ1) is 7.16. The topological polar surface area (TPSA) is 49.6 Å². The van der Waals surface area contributed by atoms with Crippen LogP contribution in [0.15, 0.2) is 10.8 Å². The Labute approximate surface area is 66.9 Å². The summed E-state index contributed by atoms with van der Waals surface area (Å²) >= 11 is 3.08. The molecular weight excluding hydrogens is 194 g/mol. The summed E-state index contributed by atoms with van der Waals surface area (Å²) in [6.45, 7) is 1.81. The molecule has 0 bridgehead atoms. The molecule has 0 saturated heterocycles. The highest BCUT2D eigenvalue weighted by Crippen LogP contribution is 2.04. The van der Waals surface area contributed by atoms with Crippen molar-refractivity contribution in [3.05, 3.63) is 22.2 Å². The van der Waals surface area contributed by atoms with Crippen LogP contribution in [0.5, 0.6) is 0 Å². The summed E-state index contributed by atoms with van der Waals surface area (Å²) in [5.41, 5.74) is 1.18. The smallest absolute Gasteiger partial charge is 0.198 e. The van der Waals surface area contributed by atoms with E-state index < -0.39 is 0 Å². The van der Waals surface area contributed by atoms with Crippen LogP contribution in [0, 0.1) is 18.3 Å². The number of aromatic nitrogens is 2. The minimum atomic E-state index is 0.388. The van der Waals surface area contributed by atoms with Crippen molar-refractivity contribution in [1.82, 2.24) is 9.97 Å². The van der Waals surface area contributed by atoms with Crippen LogP contribution >= 0.6 is 15.9 Å². The van der Waals surface area contributed by atoms with E-state index in [0.717, 1.165) is 5.69 Å². The van der Waals surface area contributed by atoms with Crippen molar-refractivity contribution in [3.8, 4) is 6.07 Å². The lowest BCUT2D eigenvalue weighted by molar-refractivity contribution is 1.04. The maximum absolute atomic E-state index is 8.43. The molecule has 0 amide bonds. The van der Waals surface area contributed by atoms with Gasteiger partial charge in [0, 0.05) is 5.69 Å². The van der Waals surface area contributed by atoms with Gasteiger partial charge in [0.15, 0.2) is 4.73 Å². The molecule has 0 aliphatic heterocycles. The first-order valence-corrected chi connectivity index (χ1v) is 3.43. The second-order valence-electron chi connectivity index (χ2n) is 1.78. The summed E-state index contributed by atoms with van der Waals surface area (Å²) in [7, 11) is 0. The Morgan fingerprint density at radius 1 is 1.60 bits per heavy atom. The zero-order chi connectivity index (χ0) is 7.56. The molecule has 50 valence electrons. The molecule has 0 unspecified atom stereocenters. The molecule has 1 rings (SSSR count). The Balaban J connectivity index is 3.22. The SMILES string of the molecule is Cc1cc(C#N)nc(Br)n1. The van der Waals surface area contributed by atoms with Gasteiger partial charge in [-0.15, -0.1) is 0 Å². The summed E-state index contributed by atoms with van der Waals surface area (Å²) in [6, 6.07) is 3.56. The zero-order valence-corrected chi connectivity index (χ0v) is 6.88. The minimum absolute atomic E-state index is 0.388. The number of halogens is 1. The van der Waals surface area contributed by atoms with Crippen molar-refractivity contribution in [1.29, 1.82) is 5.26 Å². The summed E-state index contributed by atoms with van der Waals surface area (Å²) < 4.78 is 0.462. The molecule has 10 heavy (non-hydrogen) atoms. The van der Waals surface area contributed by atoms with Gasteiger partial charge >= 0.3 is 0 Å². The van der Waals surface area contributed by atoms with E-state index in [4.69, 9.17) is 5.26 Å². The molecule has 0 N–H and O–H groups in total. The Morgan fingerprint density at radius 2 is 2.30 bits per heavy atom. The number of nitrogens with zero attached hydrogens (tertiary/aromatic N) is 3. The number of rotatable bonds is 0. The van der Waals surface area contributed by atoms with Crippen LogP contribution in [0.4, 0.5) is 0 Å². The van der Waals surface area contributed by atoms with E-state index >= 15 is 0 Å². The number of hydrogen-bond acceptors (Lipinski definition) is 3. The highest BCUT2D eigenvalue weighted by molar-refractivity contribution is 9.10. The standard InChI is InChI=1S/C6H4BrN3/c1-4-2-5(3-8)10-6(7)9-4/h2H,1H3. The lowest BCUT2D eigenvalue weighted by Crippen LogP contribution is -1.89. The molecule has 0 saturated carbocycles. The summed E-state index contributed by atoms with van der Waals surface area (Å²) in [5.74, 6) is 0. The Kier molecular flexibility index (Phi) is 1.97. The van der Waals surface area contributed by atoms with E-state index in [-0.39, 0.29) is 0 Å². The first-order valence-electron chi connectivity index (χ1n) is 2.63. The van der Waals surface area contributed by atoms with Crippen LogP contribution in [0.1, 0.15) is 11.4 Å². The predicted octanol–water partition coefficient (Wildman–Crippen LogP) is 1.42. The van der Waals surface area contributed by atoms with Gasteiger partial charge in [-0.3, -0.25) is 0 Å². The number of hydrogen-bond donors (Lipinski definition) is 0. The van der Waals surface area contributed by atoms with Crippen molar-refractivity contribution >= 4 is 15.9 Å². The Morgan fingerprint density at radius 3 is 2.80 bits per heavy atom. The maximum atomic E-state index is 8.43. The van der Waals surface area contributed by atoms with E-state index in [1.165, 1.54) is 0 Å². The molecule has 0 atom stereocenters. The van der Waals surface area contributed by atoms with Crippen LogP contribution in [0.25, 0.3) is 0 Å². The molecule has 0 aliphatic rings. The normalized spacial score (nSPS) is 8.90. The first-order chi connectivity index (χ1) is 4.72. The van der Waals surface area contributed by atoms with Gasteiger partial charge in [-0.05, 0) is 28.9 Å². The molecule has 3 nitrogen and oxygen atoms in total. The monoisotopic (exact) mass is 197 g/mol. The van der Waals surface area contributed by atoms with Gasteiger partial charge < -0.3 is 0 Å². The molecule has 1 aromatic heterocycles. The van der Waals surface area contributed by atoms with Crippen molar-refractivity contribution < 1.29 is 0 Å². The quantitative estimate of drug-likeness (QED) is 0.592. The average Bonchev–Trinajstić information content (AvgIpc) is 1.85. The fourth-order valence-electron chi connectivity index (χ4n) is 0.590. The van der Waals surface area contributed by atoms with Crippen LogP contribution in [0.2, 0.25) is 0 Å². The fourth-order valence-corrected chi connectivity index (χ4v) is 1.06. The van der Waals surface area contributed by atoms with E-state index in [0.29, 0.717) is 10.4 Å². The third-order valence-corrected chi connectivity index (χ3v) is 1.30. The Bertz CT molecular complexity index is 269. The molecule has 1 aromatic rings. The van der Waals surface area contributed by atoms with Gasteiger partial charge in [0.2, 0.25) is 0 Å². The summed E-state index contributed by atoms with van der Waals surface area (Å²) in [5, 5.41) is 8.43. The average molecular weight is 198 g/mol. The second-order valence-corrected chi connectivity index (χ2v) is 2.48. The highest BCUT2D eigenvalue weighted by Gasteiger charge is 1.95. The molecule has 1 heterocycles. The van der Waals surface area contributed by atoms with Gasteiger partial charge in [-0.2, -0.15) is 5.26 Å². The van der Waals surface area contributed by atoms with E-state index in [1.54, 1.807) is 6.07 Å². The van der Waals surface area contributed by atoms with Gasteiger partial charge in [-0.25, -0.2) is 9.97 Å². The molecule has 0 spiro atoms. The van der Waals surface area contributed by atoms with Crippen LogP contribution in [0.3, 0.4) is 0 Å². The second kappa shape index (κ2) is 2.76. The molecular formula is C6H4BrN3. The predicted molar refractivity (Wildman–Crippen MR) is 39.2 cm³/mol. The number of aryl methyl sites for hydroxylation is 1. The third kappa shape index (κ3) is 1.52. The lowest BCUT2D eigenvalue weighted by Gasteiger charge is -1.92. The van der Waals surface area contributed by atoms with Crippen LogP contribution in [-0.4, -0.2) is 9.97 Å². The van der Waals surface area contributed by atoms with E-state index in [9.17, 15) is 0 Å². The minimum Gasteiger partial charge on any atom is -0.227 e. The molecule has 0 fully saturated rings. The van der Waals surface area contributed by atoms with E-state index in [2.05, 4.69) is 25.9 Å². The highest BCUT2D eigenvalue weighted by atomic mass is 79.9. The van der Waals surface area contributed by atoms with Gasteiger partial charge in [-0.1, -0.05) is 0 Å². The zero-order valence-electron chi connectivity index (χ0n) is 5.30. The molecule has 0 aliphatic carbocycles. The van der Waals surface area contributed by atoms with Crippen molar-refractivity contribution in [2.24, 2.45) is 0 Å². The van der Waals surface area contributed by atoms with Crippen LogP contribution < -0.4 is 0 Å². The Hall–Kier alpha value is -0.950. The van der Waals surface area contributed by atoms with Gasteiger partial charge in [0.1, 0.15) is 11.8 Å². The van der Waals surface area contributed by atoms with E-state index in [1.807, 2.05) is 13.0 Å². The third-order valence-electron chi connectivity index (χ3n) is 0.941. The van der Waals surface area contributed by atoms with Crippen molar-refractivity contribution in [2.45, 2.75) is 6.92 Å². The van der Waals surface area contributed by atoms with Crippen molar-refractivity contribution in [2.75, 3.05) is 0 Å². The lowest BCUT2D eigenvalue weighted by atomic mass is 10.4. The number of nitriles is 1. The van der Waals surface area contributed by atoms with Gasteiger partial charge in [0.05, 0.1) is 0 Å². The largest absolute Gasteiger partial charge is 0.227 e. The van der Waals surface area contributed by atoms with Crippen LogP contribution in [-0.2, 0) is 0 Å². The van der Waals surface area contributed by atoms with Crippen molar-refractivity contribution in [3.63, 3.8) is 0 Å². The van der Waals surface area contributed by atoms with Gasteiger partial charge in [0.25, 0.3) is 0 Å². The summed E-state index contributed by atoms with van der Waals surface area (Å²) in [6.07, 6.45) is 0.